The number of fused-ring (bicyclic) bond motifs is 3. The summed E-state index contributed by atoms with van der Waals surface area (Å²) in [5, 5.41) is 0. The molecular weight excluding hydrogens is 358 g/mol. The Morgan fingerprint density at radius 3 is 2.56 bits per heavy atom. The summed E-state index contributed by atoms with van der Waals surface area (Å²) in [6.07, 6.45) is 5.22. The summed E-state index contributed by atoms with van der Waals surface area (Å²) in [6.45, 7) is 4.62. The lowest BCUT2D eigenvalue weighted by atomic mass is 9.81. The van der Waals surface area contributed by atoms with Gasteiger partial charge in [0.2, 0.25) is 0 Å². The number of sulfonamides is 1. The standard InChI is InChI=1S/C22H25NO3S/c1-21(2)14-16-13-17(9-10-20(16)26-21)27(24,25)23-15-22(11-5-6-12-22)18-7-3-4-8-19(18)23/h3-4,7-10,13H,5-6,11-12,14-15H2,1-2H3. The van der Waals surface area contributed by atoms with Gasteiger partial charge < -0.3 is 4.74 Å². The second-order valence-corrected chi connectivity index (χ2v) is 10.7. The number of nitrogens with zero attached hydrogens (tertiary/aromatic N) is 1. The smallest absolute Gasteiger partial charge is 0.264 e. The fraction of sp³-hybridized carbons (Fsp3) is 0.455. The Balaban J connectivity index is 1.57. The lowest BCUT2D eigenvalue weighted by Gasteiger charge is -2.25. The Kier molecular flexibility index (Phi) is 3.49. The molecule has 5 rings (SSSR count). The highest BCUT2D eigenvalue weighted by Gasteiger charge is 2.48. The monoisotopic (exact) mass is 383 g/mol. The minimum atomic E-state index is -3.60. The first-order valence-corrected chi connectivity index (χ1v) is 11.2. The molecule has 4 nitrogen and oxygen atoms in total. The molecule has 142 valence electrons. The lowest BCUT2D eigenvalue weighted by Crippen LogP contribution is -2.35. The van der Waals surface area contributed by atoms with Crippen LogP contribution in [-0.2, 0) is 21.9 Å². The molecule has 0 aromatic heterocycles. The minimum Gasteiger partial charge on any atom is -0.487 e. The third kappa shape index (κ3) is 2.51. The SMILES string of the molecule is CC1(C)Cc2cc(S(=O)(=O)N3CC4(CCCC4)c4ccccc43)ccc2O1. The van der Waals surface area contributed by atoms with Crippen LogP contribution in [0.2, 0.25) is 0 Å². The van der Waals surface area contributed by atoms with E-state index in [9.17, 15) is 8.42 Å². The molecule has 0 N–H and O–H groups in total. The average Bonchev–Trinajstić information content (AvgIpc) is 3.30. The van der Waals surface area contributed by atoms with E-state index in [0.717, 1.165) is 36.3 Å². The summed E-state index contributed by atoms with van der Waals surface area (Å²) in [6, 6.07) is 13.4. The van der Waals surface area contributed by atoms with Crippen molar-refractivity contribution in [1.82, 2.24) is 0 Å². The molecule has 0 radical (unpaired) electrons. The van der Waals surface area contributed by atoms with Gasteiger partial charge in [-0.25, -0.2) is 8.42 Å². The number of anilines is 1. The van der Waals surface area contributed by atoms with E-state index >= 15 is 0 Å². The molecular formula is C22H25NO3S. The van der Waals surface area contributed by atoms with Gasteiger partial charge >= 0.3 is 0 Å². The van der Waals surface area contributed by atoms with Crippen LogP contribution >= 0.6 is 0 Å². The highest BCUT2D eigenvalue weighted by atomic mass is 32.2. The van der Waals surface area contributed by atoms with Crippen LogP contribution in [-0.4, -0.2) is 20.6 Å². The quantitative estimate of drug-likeness (QED) is 0.771. The van der Waals surface area contributed by atoms with Crippen LogP contribution in [0.1, 0.15) is 50.7 Å². The van der Waals surface area contributed by atoms with Gasteiger partial charge in [0.1, 0.15) is 11.4 Å². The van der Waals surface area contributed by atoms with Gasteiger partial charge in [-0.2, -0.15) is 0 Å². The molecule has 2 aliphatic heterocycles. The van der Waals surface area contributed by atoms with Crippen molar-refractivity contribution in [2.75, 3.05) is 10.8 Å². The molecule has 2 heterocycles. The fourth-order valence-electron chi connectivity index (χ4n) is 5.15. The number of hydrogen-bond donors (Lipinski definition) is 0. The molecule has 0 amide bonds. The van der Waals surface area contributed by atoms with Gasteiger partial charge in [-0.1, -0.05) is 31.0 Å². The number of ether oxygens (including phenoxy) is 1. The molecule has 2 aromatic carbocycles. The number of hydrogen-bond acceptors (Lipinski definition) is 3. The van der Waals surface area contributed by atoms with Gasteiger partial charge in [0.05, 0.1) is 10.6 Å². The normalized spacial score (nSPS) is 21.9. The lowest BCUT2D eigenvalue weighted by molar-refractivity contribution is 0.138. The fourth-order valence-corrected chi connectivity index (χ4v) is 6.77. The highest BCUT2D eigenvalue weighted by Crippen LogP contribution is 2.51. The second-order valence-electron chi connectivity index (χ2n) is 8.82. The van der Waals surface area contributed by atoms with Crippen LogP contribution in [0.5, 0.6) is 5.75 Å². The van der Waals surface area contributed by atoms with Gasteiger partial charge in [-0.05, 0) is 62.1 Å². The van der Waals surface area contributed by atoms with Crippen molar-refractivity contribution in [3.63, 3.8) is 0 Å². The molecule has 1 spiro atoms. The van der Waals surface area contributed by atoms with Crippen molar-refractivity contribution in [3.8, 4) is 5.75 Å². The maximum atomic E-state index is 13.6. The topological polar surface area (TPSA) is 46.6 Å². The van der Waals surface area contributed by atoms with E-state index in [0.29, 0.717) is 11.4 Å². The maximum Gasteiger partial charge on any atom is 0.264 e. The summed E-state index contributed by atoms with van der Waals surface area (Å²) in [4.78, 5) is 0.368. The van der Waals surface area contributed by atoms with Gasteiger partial charge in [0.15, 0.2) is 0 Å². The van der Waals surface area contributed by atoms with Crippen LogP contribution in [0.4, 0.5) is 5.69 Å². The van der Waals surface area contributed by atoms with E-state index in [1.807, 2.05) is 44.2 Å². The van der Waals surface area contributed by atoms with Crippen LogP contribution in [0.3, 0.4) is 0 Å². The largest absolute Gasteiger partial charge is 0.487 e. The van der Waals surface area contributed by atoms with Crippen molar-refractivity contribution >= 4 is 15.7 Å². The average molecular weight is 384 g/mol. The minimum absolute atomic E-state index is 0.00844. The van der Waals surface area contributed by atoms with Crippen molar-refractivity contribution in [3.05, 3.63) is 53.6 Å². The molecule has 1 aliphatic carbocycles. The zero-order valence-electron chi connectivity index (χ0n) is 15.9. The Hall–Kier alpha value is -2.01. The van der Waals surface area contributed by atoms with Crippen LogP contribution in [0.25, 0.3) is 0 Å². The number of para-hydroxylation sites is 1. The van der Waals surface area contributed by atoms with E-state index < -0.39 is 10.0 Å². The van der Waals surface area contributed by atoms with Crippen LogP contribution in [0.15, 0.2) is 47.4 Å². The van der Waals surface area contributed by atoms with E-state index in [-0.39, 0.29) is 11.0 Å². The first-order valence-electron chi connectivity index (χ1n) is 9.75. The third-order valence-electron chi connectivity index (χ3n) is 6.37. The summed E-state index contributed by atoms with van der Waals surface area (Å²) >= 11 is 0. The van der Waals surface area contributed by atoms with Gasteiger partial charge in [-0.15, -0.1) is 0 Å². The zero-order valence-corrected chi connectivity index (χ0v) is 16.7. The van der Waals surface area contributed by atoms with Crippen molar-refractivity contribution in [1.29, 1.82) is 0 Å². The summed E-state index contributed by atoms with van der Waals surface area (Å²) in [5.74, 6) is 0.799. The molecule has 27 heavy (non-hydrogen) atoms. The zero-order chi connectivity index (χ0) is 18.9. The molecule has 1 fully saturated rings. The molecule has 3 aliphatic rings. The molecule has 0 unspecified atom stereocenters. The molecule has 0 saturated heterocycles. The van der Waals surface area contributed by atoms with E-state index in [1.54, 1.807) is 10.4 Å². The summed E-state index contributed by atoms with van der Waals surface area (Å²) < 4.78 is 34.7. The first-order chi connectivity index (χ1) is 12.8. The second kappa shape index (κ2) is 5.51. The summed E-state index contributed by atoms with van der Waals surface area (Å²) in [7, 11) is -3.60. The Morgan fingerprint density at radius 2 is 1.78 bits per heavy atom. The van der Waals surface area contributed by atoms with Gasteiger partial charge in [-0.3, -0.25) is 4.31 Å². The highest BCUT2D eigenvalue weighted by molar-refractivity contribution is 7.92. The van der Waals surface area contributed by atoms with Gasteiger partial charge in [0.25, 0.3) is 10.0 Å². The van der Waals surface area contributed by atoms with Crippen molar-refractivity contribution < 1.29 is 13.2 Å². The van der Waals surface area contributed by atoms with Crippen molar-refractivity contribution in [2.45, 2.75) is 61.9 Å². The van der Waals surface area contributed by atoms with E-state index in [1.165, 1.54) is 18.4 Å². The Morgan fingerprint density at radius 1 is 1.04 bits per heavy atom. The predicted octanol–water partition coefficient (Wildman–Crippen LogP) is 4.42. The molecule has 5 heteroatoms. The number of benzene rings is 2. The summed E-state index contributed by atoms with van der Waals surface area (Å²) in [5.41, 5.74) is 2.75. The number of rotatable bonds is 2. The molecule has 1 saturated carbocycles. The Labute approximate surface area is 161 Å². The third-order valence-corrected chi connectivity index (χ3v) is 8.13. The molecule has 0 bridgehead atoms. The van der Waals surface area contributed by atoms with Crippen LogP contribution in [0, 0.1) is 0 Å². The van der Waals surface area contributed by atoms with E-state index in [4.69, 9.17) is 4.74 Å². The van der Waals surface area contributed by atoms with Crippen LogP contribution < -0.4 is 9.04 Å². The molecule has 2 aromatic rings. The first kappa shape index (κ1) is 17.1. The molecule has 0 atom stereocenters. The van der Waals surface area contributed by atoms with Crippen molar-refractivity contribution in [2.24, 2.45) is 0 Å². The Bertz CT molecular complexity index is 1020. The van der Waals surface area contributed by atoms with E-state index in [2.05, 4.69) is 6.07 Å². The predicted molar refractivity (Wildman–Crippen MR) is 106 cm³/mol. The maximum absolute atomic E-state index is 13.6. The van der Waals surface area contributed by atoms with Gasteiger partial charge in [0, 0.05) is 18.4 Å².